The lowest BCUT2D eigenvalue weighted by molar-refractivity contribution is -0.122. The summed E-state index contributed by atoms with van der Waals surface area (Å²) in [6, 6.07) is 8.63. The predicted octanol–water partition coefficient (Wildman–Crippen LogP) is 3.38. The second kappa shape index (κ2) is 9.46. The Morgan fingerprint density at radius 2 is 1.64 bits per heavy atom. The van der Waals surface area contributed by atoms with E-state index in [1.807, 2.05) is 0 Å². The van der Waals surface area contributed by atoms with Crippen molar-refractivity contribution in [2.24, 2.45) is 11.7 Å². The number of nitrogens with two attached hydrogens (primary N) is 1. The van der Waals surface area contributed by atoms with Crippen LogP contribution in [0.25, 0.3) is 0 Å². The molecule has 3 rings (SSSR count). The second-order valence-electron chi connectivity index (χ2n) is 6.30. The average molecular weight is 303 g/mol. The van der Waals surface area contributed by atoms with Crippen LogP contribution in [0.5, 0.6) is 0 Å². The summed E-state index contributed by atoms with van der Waals surface area (Å²) in [4.78, 5) is 11.5. The lowest BCUT2D eigenvalue weighted by Gasteiger charge is -2.14. The SMILES string of the molecule is NC(=O)C1CCCCCCCc2ccc(cc2)NNCCC1. The van der Waals surface area contributed by atoms with E-state index in [9.17, 15) is 4.79 Å². The summed E-state index contributed by atoms with van der Waals surface area (Å²) in [7, 11) is 0. The topological polar surface area (TPSA) is 67.2 Å². The van der Waals surface area contributed by atoms with Crippen LogP contribution in [0.2, 0.25) is 0 Å². The molecular formula is C18H29N3O. The normalized spacial score (nSPS) is 21.7. The third-order valence-corrected chi connectivity index (χ3v) is 4.46. The van der Waals surface area contributed by atoms with Crippen molar-refractivity contribution in [2.45, 2.75) is 57.8 Å². The van der Waals surface area contributed by atoms with Gasteiger partial charge in [0.15, 0.2) is 0 Å². The zero-order chi connectivity index (χ0) is 15.6. The molecule has 0 saturated carbocycles. The van der Waals surface area contributed by atoms with Gasteiger partial charge >= 0.3 is 0 Å². The first-order valence-corrected chi connectivity index (χ1v) is 8.63. The molecule has 0 fully saturated rings. The lowest BCUT2D eigenvalue weighted by atomic mass is 9.95. The second-order valence-corrected chi connectivity index (χ2v) is 6.30. The summed E-state index contributed by atoms with van der Waals surface area (Å²) >= 11 is 0. The van der Waals surface area contributed by atoms with Gasteiger partial charge in [0, 0.05) is 18.2 Å². The number of amides is 1. The highest BCUT2D eigenvalue weighted by Crippen LogP contribution is 2.17. The number of nitrogens with one attached hydrogen (secondary N) is 2. The molecule has 1 aromatic carbocycles. The lowest BCUT2D eigenvalue weighted by Crippen LogP contribution is -2.26. The van der Waals surface area contributed by atoms with Crippen molar-refractivity contribution in [3.8, 4) is 0 Å². The van der Waals surface area contributed by atoms with Crippen molar-refractivity contribution in [3.05, 3.63) is 29.8 Å². The van der Waals surface area contributed by atoms with Crippen LogP contribution in [-0.4, -0.2) is 12.5 Å². The molecule has 1 unspecified atom stereocenters. The van der Waals surface area contributed by atoms with Crippen molar-refractivity contribution >= 4 is 11.6 Å². The summed E-state index contributed by atoms with van der Waals surface area (Å²) in [6.45, 7) is 0.839. The van der Waals surface area contributed by atoms with Gasteiger partial charge in [-0.05, 0) is 49.8 Å². The van der Waals surface area contributed by atoms with Crippen molar-refractivity contribution in [2.75, 3.05) is 12.0 Å². The largest absolute Gasteiger partial charge is 0.369 e. The Bertz CT molecular complexity index is 444. The molecule has 0 aromatic heterocycles. The van der Waals surface area contributed by atoms with E-state index in [0.717, 1.165) is 44.3 Å². The van der Waals surface area contributed by atoms with E-state index in [4.69, 9.17) is 5.73 Å². The Labute approximate surface area is 133 Å². The minimum atomic E-state index is -0.138. The Kier molecular flexibility index (Phi) is 7.23. The van der Waals surface area contributed by atoms with Crippen LogP contribution in [-0.2, 0) is 11.2 Å². The average Bonchev–Trinajstić information content (AvgIpc) is 2.52. The third kappa shape index (κ3) is 6.06. The first kappa shape index (κ1) is 16.8. The smallest absolute Gasteiger partial charge is 0.220 e. The molecule has 2 bridgehead atoms. The first-order chi connectivity index (χ1) is 10.8. The van der Waals surface area contributed by atoms with Crippen molar-refractivity contribution in [1.29, 1.82) is 0 Å². The number of carbonyl (C=O) groups excluding carboxylic acids is 1. The molecule has 122 valence electrons. The summed E-state index contributed by atoms with van der Waals surface area (Å²) in [6.07, 6.45) is 10.0. The van der Waals surface area contributed by atoms with Gasteiger partial charge in [-0.15, -0.1) is 0 Å². The predicted molar refractivity (Wildman–Crippen MR) is 91.4 cm³/mol. The zero-order valence-corrected chi connectivity index (χ0v) is 13.4. The summed E-state index contributed by atoms with van der Waals surface area (Å²) in [5.41, 5.74) is 14.4. The van der Waals surface area contributed by atoms with Crippen LogP contribution >= 0.6 is 0 Å². The van der Waals surface area contributed by atoms with Crippen LogP contribution in [0.15, 0.2) is 24.3 Å². The number of hydrogen-bond acceptors (Lipinski definition) is 3. The Balaban J connectivity index is 1.87. The van der Waals surface area contributed by atoms with Crippen LogP contribution in [0.1, 0.15) is 56.9 Å². The fourth-order valence-corrected chi connectivity index (χ4v) is 3.04. The Hall–Kier alpha value is -1.55. The van der Waals surface area contributed by atoms with E-state index in [-0.39, 0.29) is 11.8 Å². The zero-order valence-electron chi connectivity index (χ0n) is 13.4. The number of rotatable bonds is 1. The quantitative estimate of drug-likeness (QED) is 0.745. The number of aryl methyl sites for hydroxylation is 1. The van der Waals surface area contributed by atoms with Gasteiger partial charge in [-0.1, -0.05) is 37.8 Å². The van der Waals surface area contributed by atoms with Gasteiger partial charge in [-0.2, -0.15) is 0 Å². The van der Waals surface area contributed by atoms with Gasteiger partial charge in [-0.3, -0.25) is 4.79 Å². The van der Waals surface area contributed by atoms with E-state index in [0.29, 0.717) is 0 Å². The van der Waals surface area contributed by atoms with E-state index < -0.39 is 0 Å². The maximum atomic E-state index is 11.5. The minimum absolute atomic E-state index is 0.0383. The van der Waals surface area contributed by atoms with Gasteiger partial charge in [0.05, 0.1) is 0 Å². The van der Waals surface area contributed by atoms with Crippen LogP contribution in [0.3, 0.4) is 0 Å². The molecule has 4 heteroatoms. The number of benzene rings is 1. The molecule has 1 aromatic rings. The molecule has 1 atom stereocenters. The molecule has 0 saturated heterocycles. The van der Waals surface area contributed by atoms with Crippen molar-refractivity contribution in [3.63, 3.8) is 0 Å². The van der Waals surface area contributed by atoms with Gasteiger partial charge in [0.2, 0.25) is 5.91 Å². The number of anilines is 1. The standard InChI is InChI=1S/C18H29N3O/c19-18(22)16-8-5-3-1-2-4-7-15-10-12-17(13-11-15)21-20-14-6-9-16/h10-13,16,20-21H,1-9,14H2,(H2,19,22). The maximum Gasteiger partial charge on any atom is 0.220 e. The molecule has 4 nitrogen and oxygen atoms in total. The highest BCUT2D eigenvalue weighted by atomic mass is 16.1. The van der Waals surface area contributed by atoms with Gasteiger partial charge in [0.25, 0.3) is 0 Å². The molecule has 2 aliphatic rings. The van der Waals surface area contributed by atoms with Gasteiger partial charge in [0.1, 0.15) is 0 Å². The van der Waals surface area contributed by atoms with E-state index in [1.54, 1.807) is 0 Å². The molecule has 0 aliphatic carbocycles. The number of hydrogen-bond donors (Lipinski definition) is 3. The molecule has 0 radical (unpaired) electrons. The number of hydrazine groups is 1. The number of fused-ring (bicyclic) bond motifs is 14. The highest BCUT2D eigenvalue weighted by molar-refractivity contribution is 5.76. The Morgan fingerprint density at radius 1 is 0.955 bits per heavy atom. The minimum Gasteiger partial charge on any atom is -0.369 e. The fraction of sp³-hybridized carbons (Fsp3) is 0.611. The Morgan fingerprint density at radius 3 is 2.41 bits per heavy atom. The highest BCUT2D eigenvalue weighted by Gasteiger charge is 2.14. The van der Waals surface area contributed by atoms with Gasteiger partial charge < -0.3 is 11.2 Å². The van der Waals surface area contributed by atoms with Crippen LogP contribution in [0, 0.1) is 5.92 Å². The first-order valence-electron chi connectivity index (χ1n) is 8.63. The van der Waals surface area contributed by atoms with E-state index >= 15 is 0 Å². The molecule has 22 heavy (non-hydrogen) atoms. The fourth-order valence-electron chi connectivity index (χ4n) is 3.04. The van der Waals surface area contributed by atoms with E-state index in [1.165, 1.54) is 31.2 Å². The molecule has 2 heterocycles. The monoisotopic (exact) mass is 303 g/mol. The van der Waals surface area contributed by atoms with Crippen molar-refractivity contribution in [1.82, 2.24) is 5.43 Å². The molecule has 2 aliphatic heterocycles. The number of carbonyl (C=O) groups is 1. The summed E-state index contributed by atoms with van der Waals surface area (Å²) in [5, 5.41) is 0. The molecular weight excluding hydrogens is 274 g/mol. The molecule has 4 N–H and O–H groups in total. The third-order valence-electron chi connectivity index (χ3n) is 4.46. The van der Waals surface area contributed by atoms with Crippen LogP contribution < -0.4 is 16.6 Å². The molecule has 0 spiro atoms. The van der Waals surface area contributed by atoms with E-state index in [2.05, 4.69) is 35.1 Å². The molecule has 1 amide bonds. The van der Waals surface area contributed by atoms with Crippen LogP contribution in [0.4, 0.5) is 5.69 Å². The maximum absolute atomic E-state index is 11.5. The van der Waals surface area contributed by atoms with Crippen molar-refractivity contribution < 1.29 is 4.79 Å². The number of primary amides is 1. The van der Waals surface area contributed by atoms with Gasteiger partial charge in [-0.25, -0.2) is 5.43 Å². The summed E-state index contributed by atoms with van der Waals surface area (Å²) in [5.74, 6) is -0.0995. The summed E-state index contributed by atoms with van der Waals surface area (Å²) < 4.78 is 0.